The predicted molar refractivity (Wildman–Crippen MR) is 40.6 cm³/mol. The van der Waals surface area contributed by atoms with Crippen molar-refractivity contribution in [3.8, 4) is 0 Å². The molecule has 1 aliphatic rings. The quantitative estimate of drug-likeness (QED) is 0.470. The summed E-state index contributed by atoms with van der Waals surface area (Å²) in [6.07, 6.45) is 0. The van der Waals surface area contributed by atoms with Crippen molar-refractivity contribution < 1.29 is 14.8 Å². The summed E-state index contributed by atoms with van der Waals surface area (Å²) in [5.41, 5.74) is 1.94. The van der Waals surface area contributed by atoms with Crippen LogP contribution < -0.4 is 5.48 Å². The highest BCUT2D eigenvalue weighted by Gasteiger charge is 2.26. The van der Waals surface area contributed by atoms with Gasteiger partial charge in [0.2, 0.25) is 0 Å². The Morgan fingerprint density at radius 3 is 2.55 bits per heavy atom. The Balaban J connectivity index is 2.43. The van der Waals surface area contributed by atoms with Crippen LogP contribution in [0.3, 0.4) is 0 Å². The minimum absolute atomic E-state index is 0.250. The van der Waals surface area contributed by atoms with E-state index >= 15 is 0 Å². The number of rotatable bonds is 1. The van der Waals surface area contributed by atoms with Gasteiger partial charge < -0.3 is 0 Å². The van der Waals surface area contributed by atoms with Crippen molar-refractivity contribution in [2.75, 3.05) is 0 Å². The van der Waals surface area contributed by atoms with Gasteiger partial charge in [-0.05, 0) is 33.0 Å². The molecule has 6 heteroatoms. The van der Waals surface area contributed by atoms with E-state index in [4.69, 9.17) is 17.1 Å². The van der Waals surface area contributed by atoms with E-state index in [0.29, 0.717) is 0 Å². The number of hydroxylamine groups is 3. The average molecular weight is 178 g/mol. The number of nitrogens with one attached hydrogen (secondary N) is 1. The van der Waals surface area contributed by atoms with E-state index in [1.165, 1.54) is 0 Å². The normalized spacial score (nSPS) is 18.8. The minimum Gasteiger partial charge on any atom is -0.238 e. The molecule has 0 aromatic rings. The number of hydrogen-bond acceptors (Lipinski definition) is 4. The molecular formula is C5H10N2O3S. The van der Waals surface area contributed by atoms with Crippen LogP contribution in [0.5, 0.6) is 0 Å². The van der Waals surface area contributed by atoms with Crippen molar-refractivity contribution in [1.29, 1.82) is 0 Å². The van der Waals surface area contributed by atoms with Crippen molar-refractivity contribution in [1.82, 2.24) is 10.7 Å². The van der Waals surface area contributed by atoms with Gasteiger partial charge in [-0.25, -0.2) is 10.3 Å². The monoisotopic (exact) mass is 178 g/mol. The van der Waals surface area contributed by atoms with E-state index in [2.05, 4.69) is 15.5 Å². The van der Waals surface area contributed by atoms with Gasteiger partial charge in [-0.3, -0.25) is 0 Å². The molecule has 11 heavy (non-hydrogen) atoms. The molecule has 0 bridgehead atoms. The van der Waals surface area contributed by atoms with Crippen LogP contribution in [0.25, 0.3) is 0 Å². The Morgan fingerprint density at radius 1 is 1.55 bits per heavy atom. The third kappa shape index (κ3) is 2.58. The molecule has 1 fully saturated rings. The summed E-state index contributed by atoms with van der Waals surface area (Å²) in [5, 5.41) is 1.26. The molecule has 0 radical (unpaired) electrons. The van der Waals surface area contributed by atoms with Gasteiger partial charge >= 0.3 is 0 Å². The SMILES string of the molecule is CC(C)(C)ON1OONC1=S. The first kappa shape index (κ1) is 8.66. The lowest BCUT2D eigenvalue weighted by molar-refractivity contribution is -0.485. The van der Waals surface area contributed by atoms with Gasteiger partial charge in [0, 0.05) is 0 Å². The lowest BCUT2D eigenvalue weighted by Gasteiger charge is -2.22. The first-order valence-corrected chi connectivity index (χ1v) is 3.53. The first-order chi connectivity index (χ1) is 4.99. The van der Waals surface area contributed by atoms with Crippen LogP contribution >= 0.6 is 12.2 Å². The van der Waals surface area contributed by atoms with Crippen molar-refractivity contribution in [3.63, 3.8) is 0 Å². The van der Waals surface area contributed by atoms with Gasteiger partial charge in [0.05, 0.1) is 5.60 Å². The first-order valence-electron chi connectivity index (χ1n) is 3.12. The van der Waals surface area contributed by atoms with Gasteiger partial charge in [-0.2, -0.15) is 0 Å². The Kier molecular flexibility index (Phi) is 2.28. The zero-order chi connectivity index (χ0) is 8.48. The van der Waals surface area contributed by atoms with Crippen LogP contribution in [0.2, 0.25) is 0 Å². The van der Waals surface area contributed by atoms with Crippen LogP contribution in [-0.4, -0.2) is 15.9 Å². The standard InChI is InChI=1S/C5H10N2O3S/c1-5(2,3)8-7-4(11)6-9-10-7/h1-3H3,(H,6,11). The van der Waals surface area contributed by atoms with E-state index in [9.17, 15) is 0 Å². The maximum absolute atomic E-state index is 5.19. The highest BCUT2D eigenvalue weighted by Crippen LogP contribution is 2.13. The molecule has 0 spiro atoms. The second-order valence-electron chi connectivity index (χ2n) is 3.03. The van der Waals surface area contributed by atoms with E-state index < -0.39 is 0 Å². The molecule has 1 saturated heterocycles. The van der Waals surface area contributed by atoms with E-state index in [1.807, 2.05) is 20.8 Å². The van der Waals surface area contributed by atoms with Crippen molar-refractivity contribution in [2.24, 2.45) is 0 Å². The van der Waals surface area contributed by atoms with Crippen LogP contribution in [-0.2, 0) is 14.8 Å². The molecule has 0 aromatic heterocycles. The zero-order valence-electron chi connectivity index (χ0n) is 6.58. The fraction of sp³-hybridized carbons (Fsp3) is 0.800. The highest BCUT2D eigenvalue weighted by molar-refractivity contribution is 7.80. The smallest absolute Gasteiger partial charge is 0.238 e. The van der Waals surface area contributed by atoms with Crippen molar-refractivity contribution in [2.45, 2.75) is 26.4 Å². The highest BCUT2D eigenvalue weighted by atomic mass is 32.1. The van der Waals surface area contributed by atoms with E-state index in [1.54, 1.807) is 0 Å². The fourth-order valence-electron chi connectivity index (χ4n) is 0.465. The summed E-state index contributed by atoms with van der Waals surface area (Å²) in [5.74, 6) is 0. The summed E-state index contributed by atoms with van der Waals surface area (Å²) >= 11 is 4.75. The Hall–Kier alpha value is -0.430. The third-order valence-electron chi connectivity index (χ3n) is 0.757. The number of thiocarbonyl (C=S) groups is 1. The van der Waals surface area contributed by atoms with Crippen LogP contribution in [0.4, 0.5) is 0 Å². The molecule has 1 aliphatic heterocycles. The molecule has 1 N–H and O–H groups in total. The van der Waals surface area contributed by atoms with Crippen molar-refractivity contribution >= 4 is 17.3 Å². The Labute approximate surface area is 70.0 Å². The second-order valence-corrected chi connectivity index (χ2v) is 3.41. The summed E-state index contributed by atoms with van der Waals surface area (Å²) in [6, 6.07) is 0. The van der Waals surface area contributed by atoms with E-state index in [0.717, 1.165) is 5.23 Å². The number of hydrogen-bond donors (Lipinski definition) is 1. The molecule has 0 atom stereocenters. The molecule has 0 saturated carbocycles. The van der Waals surface area contributed by atoms with E-state index in [-0.39, 0.29) is 10.7 Å². The molecule has 64 valence electrons. The fourth-order valence-corrected chi connectivity index (χ4v) is 0.566. The van der Waals surface area contributed by atoms with Crippen LogP contribution in [0.1, 0.15) is 20.8 Å². The molecule has 0 aromatic carbocycles. The Bertz CT molecular complexity index is 168. The van der Waals surface area contributed by atoms with Crippen LogP contribution in [0.15, 0.2) is 0 Å². The largest absolute Gasteiger partial charge is 0.252 e. The maximum atomic E-state index is 5.19. The van der Waals surface area contributed by atoms with Crippen LogP contribution in [0, 0.1) is 0 Å². The molecule has 0 aliphatic carbocycles. The molecule has 0 unspecified atom stereocenters. The Morgan fingerprint density at radius 2 is 2.18 bits per heavy atom. The summed E-state index contributed by atoms with van der Waals surface area (Å²) < 4.78 is 0. The summed E-state index contributed by atoms with van der Waals surface area (Å²) in [6.45, 7) is 5.62. The second kappa shape index (κ2) is 2.90. The predicted octanol–water partition coefficient (Wildman–Crippen LogP) is 0.685. The lowest BCUT2D eigenvalue weighted by Crippen LogP contribution is -2.35. The minimum atomic E-state index is -0.362. The molecule has 5 nitrogen and oxygen atoms in total. The molecular weight excluding hydrogens is 168 g/mol. The topological polar surface area (TPSA) is 43.0 Å². The molecule has 0 amide bonds. The van der Waals surface area contributed by atoms with Crippen molar-refractivity contribution in [3.05, 3.63) is 0 Å². The van der Waals surface area contributed by atoms with Gasteiger partial charge in [-0.1, -0.05) is 15.2 Å². The number of nitrogens with zero attached hydrogens (tertiary/aromatic N) is 1. The summed E-state index contributed by atoms with van der Waals surface area (Å²) in [4.78, 5) is 14.0. The average Bonchev–Trinajstić information content (AvgIpc) is 2.12. The zero-order valence-corrected chi connectivity index (χ0v) is 7.40. The van der Waals surface area contributed by atoms with Gasteiger partial charge in [0.25, 0.3) is 5.11 Å². The maximum Gasteiger partial charge on any atom is 0.252 e. The molecule has 1 rings (SSSR count). The third-order valence-corrected chi connectivity index (χ3v) is 0.989. The summed E-state index contributed by atoms with van der Waals surface area (Å²) in [7, 11) is 0. The lowest BCUT2D eigenvalue weighted by atomic mass is 10.2. The van der Waals surface area contributed by atoms with Gasteiger partial charge in [0.1, 0.15) is 0 Å². The van der Waals surface area contributed by atoms with Gasteiger partial charge in [0.15, 0.2) is 0 Å². The molecule has 1 heterocycles. The van der Waals surface area contributed by atoms with Gasteiger partial charge in [-0.15, -0.1) is 0 Å².